The van der Waals surface area contributed by atoms with Gasteiger partial charge in [0.2, 0.25) is 0 Å². The van der Waals surface area contributed by atoms with Gasteiger partial charge in [-0.15, -0.1) is 0 Å². The number of nitrogens with one attached hydrogen (secondary N) is 1. The summed E-state index contributed by atoms with van der Waals surface area (Å²) in [5, 5.41) is 18.5. The lowest BCUT2D eigenvalue weighted by molar-refractivity contribution is 0.0697. The molecule has 1 aliphatic rings. The van der Waals surface area contributed by atoms with E-state index in [4.69, 9.17) is 16.9 Å². The van der Waals surface area contributed by atoms with Crippen LogP contribution in [0.3, 0.4) is 0 Å². The Morgan fingerprint density at radius 1 is 1.21 bits per heavy atom. The third kappa shape index (κ3) is 4.35. The normalized spacial score (nSPS) is 14.4. The Labute approximate surface area is 172 Å². The van der Waals surface area contributed by atoms with Crippen LogP contribution in [0.4, 0.5) is 11.4 Å². The van der Waals surface area contributed by atoms with Crippen molar-refractivity contribution in [3.05, 3.63) is 52.5 Å². The molecule has 0 unspecified atom stereocenters. The maximum atomic E-state index is 12.6. The zero-order valence-corrected chi connectivity index (χ0v) is 16.9. The molecular weight excluding hydrogens is 422 g/mol. The van der Waals surface area contributed by atoms with Crippen LogP contribution < -0.4 is 9.62 Å². The standard InChI is InChI=1S/C18H16ClN3O4S2/c19-16-10-14(3-1-12(16)11-20)28(25,26)21-13-2-4-17(15(9-13)18(23)24)22-5-7-27-8-6-22/h1-4,9-10,21H,5-8H2,(H,23,24). The number of halogens is 1. The van der Waals surface area contributed by atoms with E-state index in [-0.39, 0.29) is 26.7 Å². The van der Waals surface area contributed by atoms with Crippen LogP contribution in [0, 0.1) is 11.3 Å². The van der Waals surface area contributed by atoms with Crippen molar-refractivity contribution in [1.29, 1.82) is 5.26 Å². The molecule has 1 saturated heterocycles. The van der Waals surface area contributed by atoms with E-state index in [1.165, 1.54) is 30.3 Å². The second kappa shape index (κ2) is 8.31. The number of carboxylic acid groups (broad SMARTS) is 1. The predicted molar refractivity (Wildman–Crippen MR) is 110 cm³/mol. The summed E-state index contributed by atoms with van der Waals surface area (Å²) in [7, 11) is -3.99. The van der Waals surface area contributed by atoms with Crippen molar-refractivity contribution in [2.45, 2.75) is 4.90 Å². The minimum atomic E-state index is -3.99. The zero-order chi connectivity index (χ0) is 20.3. The minimum absolute atomic E-state index is 0.0231. The van der Waals surface area contributed by atoms with Gasteiger partial charge >= 0.3 is 5.97 Å². The summed E-state index contributed by atoms with van der Waals surface area (Å²) >= 11 is 7.72. The molecule has 2 aromatic carbocycles. The first-order valence-electron chi connectivity index (χ1n) is 8.24. The molecule has 28 heavy (non-hydrogen) atoms. The predicted octanol–water partition coefficient (Wildman–Crippen LogP) is 3.26. The molecule has 0 amide bonds. The summed E-state index contributed by atoms with van der Waals surface area (Å²) in [4.78, 5) is 13.6. The van der Waals surface area contributed by atoms with Crippen LogP contribution in [0.15, 0.2) is 41.3 Å². The van der Waals surface area contributed by atoms with Crippen molar-refractivity contribution in [1.82, 2.24) is 0 Å². The summed E-state index contributed by atoms with van der Waals surface area (Å²) < 4.78 is 27.6. The molecular formula is C18H16ClN3O4S2. The van der Waals surface area contributed by atoms with Gasteiger partial charge in [0.1, 0.15) is 6.07 Å². The molecule has 3 rings (SSSR count). The van der Waals surface area contributed by atoms with E-state index < -0.39 is 16.0 Å². The zero-order valence-electron chi connectivity index (χ0n) is 14.6. The van der Waals surface area contributed by atoms with Crippen molar-refractivity contribution in [3.63, 3.8) is 0 Å². The number of anilines is 2. The quantitative estimate of drug-likeness (QED) is 0.738. The molecule has 0 aromatic heterocycles. The van der Waals surface area contributed by atoms with E-state index in [0.29, 0.717) is 5.69 Å². The van der Waals surface area contributed by atoms with Gasteiger partial charge in [0.25, 0.3) is 10.0 Å². The van der Waals surface area contributed by atoms with Gasteiger partial charge in [0.15, 0.2) is 0 Å². The fourth-order valence-corrected chi connectivity index (χ4v) is 5.08. The van der Waals surface area contributed by atoms with Gasteiger partial charge < -0.3 is 10.0 Å². The maximum Gasteiger partial charge on any atom is 0.337 e. The summed E-state index contributed by atoms with van der Waals surface area (Å²) in [5.74, 6) is 0.690. The molecule has 1 fully saturated rings. The molecule has 2 aromatic rings. The number of nitriles is 1. The molecule has 146 valence electrons. The molecule has 1 aliphatic heterocycles. The lowest BCUT2D eigenvalue weighted by Gasteiger charge is -2.29. The number of carboxylic acids is 1. The fraction of sp³-hybridized carbons (Fsp3) is 0.222. The Bertz CT molecular complexity index is 1060. The maximum absolute atomic E-state index is 12.6. The number of thioether (sulfide) groups is 1. The van der Waals surface area contributed by atoms with Gasteiger partial charge in [0.05, 0.1) is 26.7 Å². The highest BCUT2D eigenvalue weighted by molar-refractivity contribution is 7.99. The van der Waals surface area contributed by atoms with Crippen LogP contribution in [0.5, 0.6) is 0 Å². The third-order valence-electron chi connectivity index (χ3n) is 4.20. The molecule has 1 heterocycles. The Balaban J connectivity index is 1.91. The number of hydrogen-bond donors (Lipinski definition) is 2. The second-order valence-electron chi connectivity index (χ2n) is 6.00. The van der Waals surface area contributed by atoms with Gasteiger partial charge in [-0.2, -0.15) is 17.0 Å². The number of nitrogens with zero attached hydrogens (tertiary/aromatic N) is 2. The molecule has 0 saturated carbocycles. The highest BCUT2D eigenvalue weighted by Crippen LogP contribution is 2.28. The van der Waals surface area contributed by atoms with Gasteiger partial charge in [-0.1, -0.05) is 11.6 Å². The first kappa shape index (κ1) is 20.3. The summed E-state index contributed by atoms with van der Waals surface area (Å²) in [5.41, 5.74) is 0.896. The first-order valence-corrected chi connectivity index (χ1v) is 11.3. The summed E-state index contributed by atoms with van der Waals surface area (Å²) in [6.45, 7) is 1.47. The Morgan fingerprint density at radius 3 is 2.54 bits per heavy atom. The van der Waals surface area contributed by atoms with Gasteiger partial charge in [-0.25, -0.2) is 13.2 Å². The Hall–Kier alpha value is -2.41. The number of rotatable bonds is 5. The molecule has 7 nitrogen and oxygen atoms in total. The smallest absolute Gasteiger partial charge is 0.337 e. The van der Waals surface area contributed by atoms with E-state index >= 15 is 0 Å². The van der Waals surface area contributed by atoms with Gasteiger partial charge in [-0.3, -0.25) is 4.72 Å². The first-order chi connectivity index (χ1) is 13.3. The average molecular weight is 438 g/mol. The van der Waals surface area contributed by atoms with Crippen molar-refractivity contribution < 1.29 is 18.3 Å². The van der Waals surface area contributed by atoms with E-state index in [2.05, 4.69) is 4.72 Å². The topological polar surface area (TPSA) is 110 Å². The van der Waals surface area contributed by atoms with Crippen LogP contribution in [-0.4, -0.2) is 44.1 Å². The van der Waals surface area contributed by atoms with Crippen LogP contribution >= 0.6 is 23.4 Å². The molecule has 0 spiro atoms. The molecule has 10 heteroatoms. The van der Waals surface area contributed by atoms with E-state index in [9.17, 15) is 18.3 Å². The van der Waals surface area contributed by atoms with Crippen LogP contribution in [0.25, 0.3) is 0 Å². The largest absolute Gasteiger partial charge is 0.478 e. The minimum Gasteiger partial charge on any atom is -0.478 e. The van der Waals surface area contributed by atoms with Crippen LogP contribution in [0.1, 0.15) is 15.9 Å². The summed E-state index contributed by atoms with van der Waals surface area (Å²) in [6.07, 6.45) is 0. The third-order valence-corrected chi connectivity index (χ3v) is 6.84. The Morgan fingerprint density at radius 2 is 1.93 bits per heavy atom. The number of hydrogen-bond acceptors (Lipinski definition) is 6. The van der Waals surface area contributed by atoms with Crippen LogP contribution in [0.2, 0.25) is 5.02 Å². The van der Waals surface area contributed by atoms with Crippen molar-refractivity contribution >= 4 is 50.7 Å². The number of sulfonamides is 1. The van der Waals surface area contributed by atoms with Gasteiger partial charge in [-0.05, 0) is 36.4 Å². The van der Waals surface area contributed by atoms with E-state index in [1.54, 1.807) is 6.07 Å². The molecule has 0 aliphatic carbocycles. The number of carbonyl (C=O) groups is 1. The highest BCUT2D eigenvalue weighted by Gasteiger charge is 2.21. The SMILES string of the molecule is N#Cc1ccc(S(=O)(=O)Nc2ccc(N3CCSCC3)c(C(=O)O)c2)cc1Cl. The number of benzene rings is 2. The highest BCUT2D eigenvalue weighted by atomic mass is 35.5. The van der Waals surface area contributed by atoms with Gasteiger partial charge in [0, 0.05) is 30.3 Å². The van der Waals surface area contributed by atoms with Crippen molar-refractivity contribution in [2.24, 2.45) is 0 Å². The second-order valence-corrected chi connectivity index (χ2v) is 9.31. The number of aromatic carboxylic acids is 1. The molecule has 0 radical (unpaired) electrons. The molecule has 2 N–H and O–H groups in total. The van der Waals surface area contributed by atoms with Crippen molar-refractivity contribution in [3.8, 4) is 6.07 Å². The van der Waals surface area contributed by atoms with E-state index in [1.807, 2.05) is 22.7 Å². The lowest BCUT2D eigenvalue weighted by Crippen LogP contribution is -2.33. The monoisotopic (exact) mass is 437 g/mol. The Kier molecular flexibility index (Phi) is 6.03. The van der Waals surface area contributed by atoms with Crippen LogP contribution in [-0.2, 0) is 10.0 Å². The van der Waals surface area contributed by atoms with E-state index in [0.717, 1.165) is 24.6 Å². The summed E-state index contributed by atoms with van der Waals surface area (Å²) in [6, 6.07) is 10.1. The van der Waals surface area contributed by atoms with Crippen molar-refractivity contribution in [2.75, 3.05) is 34.2 Å². The molecule has 0 atom stereocenters. The average Bonchev–Trinajstić information content (AvgIpc) is 2.68. The fourth-order valence-electron chi connectivity index (χ4n) is 2.82. The lowest BCUT2D eigenvalue weighted by atomic mass is 10.1. The molecule has 0 bridgehead atoms.